The number of aliphatic hydroxyl groups excluding tert-OH is 4. The van der Waals surface area contributed by atoms with Gasteiger partial charge in [-0.15, -0.1) is 0 Å². The molecule has 0 aliphatic heterocycles. The lowest BCUT2D eigenvalue weighted by atomic mass is 9.94. The van der Waals surface area contributed by atoms with Gasteiger partial charge >= 0.3 is 5.97 Å². The number of hydrogen-bond acceptors (Lipinski definition) is 7. The largest absolute Gasteiger partial charge is 0.475 e. The molecule has 0 aromatic heterocycles. The molecule has 0 fully saturated rings. The second-order valence-electron chi connectivity index (χ2n) is 4.43. The normalized spacial score (nSPS) is 18.2. The molecule has 0 aliphatic rings. The number of ketones is 1. The Morgan fingerprint density at radius 3 is 1.95 bits per heavy atom. The standard InChI is InChI=1S/C11H18FNO8/c1-4(14)13-8(5(15)2-6(16)11(20)21)10(19)9(18)7(17)3-12/h5,7-10,15,17-19H,2-3H2,1H3,(H,13,14)(H,20,21)/t5-,7+,8+,9+,10+/m0/s1. The van der Waals surface area contributed by atoms with Crippen molar-refractivity contribution in [2.75, 3.05) is 6.67 Å². The zero-order chi connectivity index (χ0) is 16.7. The highest BCUT2D eigenvalue weighted by Gasteiger charge is 2.37. The number of alkyl halides is 1. The summed E-state index contributed by atoms with van der Waals surface area (Å²) < 4.78 is 12.2. The van der Waals surface area contributed by atoms with Crippen LogP contribution in [0.5, 0.6) is 0 Å². The number of halogens is 1. The molecular formula is C11H18FNO8. The smallest absolute Gasteiger partial charge is 0.372 e. The minimum absolute atomic E-state index is 0.761. The summed E-state index contributed by atoms with van der Waals surface area (Å²) in [6.45, 7) is -0.390. The average Bonchev–Trinajstić information content (AvgIpc) is 2.41. The van der Waals surface area contributed by atoms with Gasteiger partial charge in [-0.25, -0.2) is 9.18 Å². The summed E-state index contributed by atoms with van der Waals surface area (Å²) >= 11 is 0. The Hall–Kier alpha value is -1.62. The molecule has 0 spiro atoms. The van der Waals surface area contributed by atoms with Gasteiger partial charge in [0.05, 0.1) is 12.1 Å². The Balaban J connectivity index is 5.04. The molecule has 0 aromatic carbocycles. The maximum absolute atomic E-state index is 12.2. The first-order valence-electron chi connectivity index (χ1n) is 5.93. The summed E-state index contributed by atoms with van der Waals surface area (Å²) in [6, 6.07) is -1.66. The third kappa shape index (κ3) is 6.12. The quantitative estimate of drug-likeness (QED) is 0.244. The van der Waals surface area contributed by atoms with E-state index in [-0.39, 0.29) is 0 Å². The third-order valence-corrected chi connectivity index (χ3v) is 2.69. The summed E-state index contributed by atoms with van der Waals surface area (Å²) in [5.41, 5.74) is 0. The molecule has 21 heavy (non-hydrogen) atoms. The summed E-state index contributed by atoms with van der Waals surface area (Å²) in [5.74, 6) is -3.97. The Morgan fingerprint density at radius 2 is 1.57 bits per heavy atom. The van der Waals surface area contributed by atoms with Gasteiger partial charge in [-0.3, -0.25) is 9.59 Å². The molecule has 0 saturated carbocycles. The molecule has 0 bridgehead atoms. The maximum Gasteiger partial charge on any atom is 0.372 e. The van der Waals surface area contributed by atoms with Gasteiger partial charge in [0.1, 0.15) is 25.0 Å². The highest BCUT2D eigenvalue weighted by molar-refractivity contribution is 6.32. The Kier molecular flexibility index (Phi) is 7.95. The second kappa shape index (κ2) is 8.62. The van der Waals surface area contributed by atoms with Crippen LogP contribution in [-0.2, 0) is 14.4 Å². The number of nitrogens with one attached hydrogen (secondary N) is 1. The van der Waals surface area contributed by atoms with Crippen molar-refractivity contribution >= 4 is 17.7 Å². The van der Waals surface area contributed by atoms with Crippen LogP contribution in [0.15, 0.2) is 0 Å². The van der Waals surface area contributed by atoms with Crippen molar-refractivity contribution in [3.63, 3.8) is 0 Å². The van der Waals surface area contributed by atoms with Crippen molar-refractivity contribution in [1.82, 2.24) is 5.32 Å². The number of carboxylic acids is 1. The predicted octanol–water partition coefficient (Wildman–Crippen LogP) is -3.05. The predicted molar refractivity (Wildman–Crippen MR) is 64.9 cm³/mol. The van der Waals surface area contributed by atoms with Crippen LogP contribution in [0.4, 0.5) is 4.39 Å². The van der Waals surface area contributed by atoms with E-state index < -0.39 is 61.2 Å². The van der Waals surface area contributed by atoms with Crippen molar-refractivity contribution in [2.24, 2.45) is 0 Å². The Morgan fingerprint density at radius 1 is 1.05 bits per heavy atom. The van der Waals surface area contributed by atoms with E-state index in [0.717, 1.165) is 6.92 Å². The minimum Gasteiger partial charge on any atom is -0.475 e. The molecule has 0 aliphatic carbocycles. The van der Waals surface area contributed by atoms with Gasteiger partial charge in [-0.05, 0) is 0 Å². The topological polar surface area (TPSA) is 164 Å². The Labute approximate surface area is 119 Å². The van der Waals surface area contributed by atoms with Crippen LogP contribution in [0.1, 0.15) is 13.3 Å². The summed E-state index contributed by atoms with van der Waals surface area (Å²) in [7, 11) is 0. The van der Waals surface area contributed by atoms with Crippen molar-refractivity contribution in [2.45, 2.75) is 43.8 Å². The molecule has 0 unspecified atom stereocenters. The van der Waals surface area contributed by atoms with E-state index in [1.54, 1.807) is 0 Å². The number of carbonyl (C=O) groups is 3. The van der Waals surface area contributed by atoms with Crippen molar-refractivity contribution in [3.05, 3.63) is 0 Å². The van der Waals surface area contributed by atoms with Crippen LogP contribution in [-0.4, -0.2) is 80.3 Å². The Bertz CT molecular complexity index is 390. The zero-order valence-corrected chi connectivity index (χ0v) is 11.1. The lowest BCUT2D eigenvalue weighted by Crippen LogP contribution is -2.57. The van der Waals surface area contributed by atoms with Crippen LogP contribution in [0, 0.1) is 0 Å². The molecule has 10 heteroatoms. The number of hydrogen-bond donors (Lipinski definition) is 6. The number of carbonyl (C=O) groups excluding carboxylic acids is 2. The molecule has 0 aromatic rings. The molecule has 9 nitrogen and oxygen atoms in total. The second-order valence-corrected chi connectivity index (χ2v) is 4.43. The van der Waals surface area contributed by atoms with Gasteiger partial charge in [0.2, 0.25) is 11.7 Å². The molecule has 0 saturated heterocycles. The summed E-state index contributed by atoms with van der Waals surface area (Å²) in [6.07, 6.45) is -8.85. The fourth-order valence-electron chi connectivity index (χ4n) is 1.58. The van der Waals surface area contributed by atoms with Gasteiger partial charge in [-0.1, -0.05) is 0 Å². The zero-order valence-electron chi connectivity index (χ0n) is 11.1. The average molecular weight is 311 g/mol. The fraction of sp³-hybridized carbons (Fsp3) is 0.727. The number of carboxylic acid groups (broad SMARTS) is 1. The molecule has 0 radical (unpaired) electrons. The first-order valence-corrected chi connectivity index (χ1v) is 5.93. The molecule has 5 atom stereocenters. The molecule has 122 valence electrons. The van der Waals surface area contributed by atoms with E-state index in [1.807, 2.05) is 5.32 Å². The fourth-order valence-corrected chi connectivity index (χ4v) is 1.58. The molecule has 6 N–H and O–H groups in total. The van der Waals surface area contributed by atoms with Crippen LogP contribution in [0.25, 0.3) is 0 Å². The molecule has 0 heterocycles. The van der Waals surface area contributed by atoms with Crippen LogP contribution in [0.2, 0.25) is 0 Å². The van der Waals surface area contributed by atoms with Crippen molar-refractivity contribution < 1.29 is 44.3 Å². The molecule has 1 amide bonds. The highest BCUT2D eigenvalue weighted by Crippen LogP contribution is 2.12. The van der Waals surface area contributed by atoms with Gasteiger partial charge < -0.3 is 30.8 Å². The van der Waals surface area contributed by atoms with Gasteiger partial charge in [0.15, 0.2) is 0 Å². The number of amides is 1. The number of Topliss-reactive ketones (excluding diaryl/α,β-unsaturated/α-hetero) is 1. The number of aliphatic carboxylic acids is 1. The first-order chi connectivity index (χ1) is 9.61. The summed E-state index contributed by atoms with van der Waals surface area (Å²) in [4.78, 5) is 32.4. The minimum atomic E-state index is -2.05. The van der Waals surface area contributed by atoms with E-state index in [9.17, 15) is 34.1 Å². The molecule has 0 rings (SSSR count). The van der Waals surface area contributed by atoms with Crippen molar-refractivity contribution in [3.8, 4) is 0 Å². The highest BCUT2D eigenvalue weighted by atomic mass is 19.1. The van der Waals surface area contributed by atoms with E-state index >= 15 is 0 Å². The van der Waals surface area contributed by atoms with E-state index in [0.29, 0.717) is 0 Å². The lowest BCUT2D eigenvalue weighted by molar-refractivity contribution is -0.151. The molecular weight excluding hydrogens is 293 g/mol. The van der Waals surface area contributed by atoms with Crippen LogP contribution in [0.3, 0.4) is 0 Å². The summed E-state index contributed by atoms with van der Waals surface area (Å²) in [5, 5.41) is 48.4. The van der Waals surface area contributed by atoms with Crippen LogP contribution >= 0.6 is 0 Å². The van der Waals surface area contributed by atoms with E-state index in [2.05, 4.69) is 0 Å². The van der Waals surface area contributed by atoms with Crippen LogP contribution < -0.4 is 5.32 Å². The van der Waals surface area contributed by atoms with Crippen molar-refractivity contribution in [1.29, 1.82) is 0 Å². The van der Waals surface area contributed by atoms with E-state index in [1.165, 1.54) is 0 Å². The third-order valence-electron chi connectivity index (χ3n) is 2.69. The monoisotopic (exact) mass is 311 g/mol. The van der Waals surface area contributed by atoms with Gasteiger partial charge in [-0.2, -0.15) is 0 Å². The number of aliphatic hydroxyl groups is 4. The van der Waals surface area contributed by atoms with Gasteiger partial charge in [0.25, 0.3) is 0 Å². The SMILES string of the molecule is CC(=O)N[C@@H]([C@@H](O)[C@H](O)[C@H](O)CF)[C@@H](O)CC(=O)C(=O)O. The van der Waals surface area contributed by atoms with Gasteiger partial charge in [0, 0.05) is 13.3 Å². The van der Waals surface area contributed by atoms with E-state index in [4.69, 9.17) is 10.2 Å². The number of rotatable bonds is 9. The maximum atomic E-state index is 12.2. The lowest BCUT2D eigenvalue weighted by Gasteiger charge is -2.31. The first kappa shape index (κ1) is 19.4.